The molecule has 122 valence electrons. The van der Waals surface area contributed by atoms with Crippen molar-refractivity contribution in [3.05, 3.63) is 0 Å². The summed E-state index contributed by atoms with van der Waals surface area (Å²) in [6.07, 6.45) is 7.85. The highest BCUT2D eigenvalue weighted by molar-refractivity contribution is 5.95. The number of unbranched alkanes of at least 4 members (excludes halogenated alkanes) is 1. The maximum atomic E-state index is 12.1. The first kappa shape index (κ1) is 18.0. The third-order valence-corrected chi connectivity index (χ3v) is 4.41. The molecule has 0 saturated heterocycles. The summed E-state index contributed by atoms with van der Waals surface area (Å²) in [5, 5.41) is 0. The predicted molar refractivity (Wildman–Crippen MR) is 81.7 cm³/mol. The molecule has 4 nitrogen and oxygen atoms in total. The van der Waals surface area contributed by atoms with Crippen LogP contribution in [0.3, 0.4) is 0 Å². The highest BCUT2D eigenvalue weighted by Crippen LogP contribution is 2.36. The summed E-state index contributed by atoms with van der Waals surface area (Å²) >= 11 is 0. The normalized spacial score (nSPS) is 22.1. The quantitative estimate of drug-likeness (QED) is 0.506. The van der Waals surface area contributed by atoms with Gasteiger partial charge >= 0.3 is 11.9 Å². The molecule has 1 aliphatic rings. The van der Waals surface area contributed by atoms with Crippen molar-refractivity contribution >= 4 is 11.9 Å². The van der Waals surface area contributed by atoms with Gasteiger partial charge in [-0.25, -0.2) is 0 Å². The largest absolute Gasteiger partial charge is 0.465 e. The van der Waals surface area contributed by atoms with E-state index in [-0.39, 0.29) is 5.92 Å². The molecule has 0 N–H and O–H groups in total. The Morgan fingerprint density at radius 3 is 1.90 bits per heavy atom. The van der Waals surface area contributed by atoms with Crippen molar-refractivity contribution in [2.75, 3.05) is 13.2 Å². The van der Waals surface area contributed by atoms with Gasteiger partial charge in [0.25, 0.3) is 0 Å². The molecule has 21 heavy (non-hydrogen) atoms. The molecule has 0 aliphatic heterocycles. The minimum Gasteiger partial charge on any atom is -0.465 e. The molecule has 1 aliphatic carbocycles. The van der Waals surface area contributed by atoms with E-state index >= 15 is 0 Å². The molecule has 1 rings (SSSR count). The maximum absolute atomic E-state index is 12.1. The van der Waals surface area contributed by atoms with Crippen LogP contribution in [0.25, 0.3) is 0 Å². The zero-order chi connectivity index (χ0) is 15.7. The molecule has 0 heterocycles. The second kappa shape index (κ2) is 9.80. The second-order valence-electron chi connectivity index (χ2n) is 5.90. The van der Waals surface area contributed by atoms with Crippen molar-refractivity contribution in [3.63, 3.8) is 0 Å². The van der Waals surface area contributed by atoms with Gasteiger partial charge in [0, 0.05) is 0 Å². The number of ether oxygens (including phenoxy) is 2. The van der Waals surface area contributed by atoms with E-state index in [1.165, 1.54) is 19.3 Å². The van der Waals surface area contributed by atoms with E-state index in [0.29, 0.717) is 13.2 Å². The van der Waals surface area contributed by atoms with Gasteiger partial charge in [0.05, 0.1) is 13.2 Å². The van der Waals surface area contributed by atoms with Crippen molar-refractivity contribution in [1.29, 1.82) is 0 Å². The first-order chi connectivity index (χ1) is 10.1. The van der Waals surface area contributed by atoms with Crippen LogP contribution in [-0.4, -0.2) is 25.2 Å². The van der Waals surface area contributed by atoms with Crippen LogP contribution in [0.15, 0.2) is 0 Å². The van der Waals surface area contributed by atoms with Crippen LogP contribution in [0.4, 0.5) is 0 Å². The fraction of sp³-hybridized carbons (Fsp3) is 0.882. The molecular formula is C17H30O4. The minimum atomic E-state index is -0.725. The van der Waals surface area contributed by atoms with Gasteiger partial charge in [0.2, 0.25) is 0 Å². The lowest BCUT2D eigenvalue weighted by atomic mass is 9.74. The van der Waals surface area contributed by atoms with Crippen molar-refractivity contribution in [1.82, 2.24) is 0 Å². The number of rotatable bonds is 8. The first-order valence-electron chi connectivity index (χ1n) is 8.47. The third-order valence-electron chi connectivity index (χ3n) is 4.41. The average Bonchev–Trinajstić information content (AvgIpc) is 2.47. The molecule has 0 unspecified atom stereocenters. The van der Waals surface area contributed by atoms with Crippen molar-refractivity contribution in [2.24, 2.45) is 17.8 Å². The second-order valence-corrected chi connectivity index (χ2v) is 5.90. The lowest BCUT2D eigenvalue weighted by molar-refractivity contribution is -0.165. The van der Waals surface area contributed by atoms with Crippen LogP contribution in [0.5, 0.6) is 0 Å². The highest BCUT2D eigenvalue weighted by atomic mass is 16.6. The molecule has 0 aromatic heterocycles. The van der Waals surface area contributed by atoms with Gasteiger partial charge < -0.3 is 9.47 Å². The van der Waals surface area contributed by atoms with E-state index in [0.717, 1.165) is 31.6 Å². The van der Waals surface area contributed by atoms with E-state index in [2.05, 4.69) is 6.92 Å². The molecule has 0 amide bonds. The van der Waals surface area contributed by atoms with Gasteiger partial charge in [0.15, 0.2) is 5.92 Å². The summed E-state index contributed by atoms with van der Waals surface area (Å²) in [6.45, 7) is 6.36. The molecule has 0 atom stereocenters. The zero-order valence-corrected chi connectivity index (χ0v) is 13.7. The topological polar surface area (TPSA) is 52.6 Å². The number of esters is 2. The maximum Gasteiger partial charge on any atom is 0.320 e. The van der Waals surface area contributed by atoms with Gasteiger partial charge in [-0.1, -0.05) is 39.0 Å². The molecule has 0 spiro atoms. The van der Waals surface area contributed by atoms with Crippen LogP contribution in [-0.2, 0) is 19.1 Å². The molecule has 4 heteroatoms. The Balaban J connectivity index is 2.59. The highest BCUT2D eigenvalue weighted by Gasteiger charge is 2.39. The molecule has 1 saturated carbocycles. The summed E-state index contributed by atoms with van der Waals surface area (Å²) in [5.41, 5.74) is 0. The third kappa shape index (κ3) is 5.68. The Bertz CT molecular complexity index is 301. The van der Waals surface area contributed by atoms with Crippen LogP contribution in [0.1, 0.15) is 65.7 Å². The van der Waals surface area contributed by atoms with E-state index in [1.54, 1.807) is 13.8 Å². The SMILES string of the molecule is CCCCC1CCC(C(C(=O)OCC)C(=O)OCC)CC1. The fourth-order valence-corrected chi connectivity index (χ4v) is 3.25. The lowest BCUT2D eigenvalue weighted by Crippen LogP contribution is -2.36. The Labute approximate surface area is 128 Å². The van der Waals surface area contributed by atoms with Crippen molar-refractivity contribution < 1.29 is 19.1 Å². The monoisotopic (exact) mass is 298 g/mol. The predicted octanol–water partition coefficient (Wildman–Crippen LogP) is 3.73. The average molecular weight is 298 g/mol. The Kier molecular flexibility index (Phi) is 8.40. The molecule has 0 aromatic carbocycles. The van der Waals surface area contributed by atoms with Crippen LogP contribution < -0.4 is 0 Å². The summed E-state index contributed by atoms with van der Waals surface area (Å²) in [7, 11) is 0. The molecule has 0 bridgehead atoms. The van der Waals surface area contributed by atoms with E-state index < -0.39 is 17.9 Å². The molecule has 0 radical (unpaired) electrons. The van der Waals surface area contributed by atoms with Gasteiger partial charge in [-0.15, -0.1) is 0 Å². The van der Waals surface area contributed by atoms with Gasteiger partial charge in [-0.3, -0.25) is 9.59 Å². The Hall–Kier alpha value is -1.06. The fourth-order valence-electron chi connectivity index (χ4n) is 3.25. The van der Waals surface area contributed by atoms with E-state index in [9.17, 15) is 9.59 Å². The molecular weight excluding hydrogens is 268 g/mol. The zero-order valence-electron chi connectivity index (χ0n) is 13.7. The lowest BCUT2D eigenvalue weighted by Gasteiger charge is -2.31. The van der Waals surface area contributed by atoms with Gasteiger partial charge in [-0.2, -0.15) is 0 Å². The smallest absolute Gasteiger partial charge is 0.320 e. The summed E-state index contributed by atoms with van der Waals surface area (Å²) in [6, 6.07) is 0. The van der Waals surface area contributed by atoms with Crippen LogP contribution >= 0.6 is 0 Å². The number of hydrogen-bond donors (Lipinski definition) is 0. The Morgan fingerprint density at radius 1 is 0.952 bits per heavy atom. The summed E-state index contributed by atoms with van der Waals surface area (Å²) in [4.78, 5) is 24.2. The summed E-state index contributed by atoms with van der Waals surface area (Å²) in [5.74, 6) is -0.704. The minimum absolute atomic E-state index is 0.0842. The summed E-state index contributed by atoms with van der Waals surface area (Å²) < 4.78 is 10.2. The van der Waals surface area contributed by atoms with E-state index in [1.807, 2.05) is 0 Å². The van der Waals surface area contributed by atoms with Crippen molar-refractivity contribution in [2.45, 2.75) is 65.7 Å². The molecule has 1 fully saturated rings. The number of carbonyl (C=O) groups excluding carboxylic acids is 2. The first-order valence-corrected chi connectivity index (χ1v) is 8.47. The van der Waals surface area contributed by atoms with Gasteiger partial charge in [-0.05, 0) is 38.5 Å². The van der Waals surface area contributed by atoms with E-state index in [4.69, 9.17) is 9.47 Å². The van der Waals surface area contributed by atoms with Crippen molar-refractivity contribution in [3.8, 4) is 0 Å². The number of carbonyl (C=O) groups is 2. The van der Waals surface area contributed by atoms with Crippen LogP contribution in [0, 0.1) is 17.8 Å². The standard InChI is InChI=1S/C17H30O4/c1-4-7-8-13-9-11-14(12-10-13)15(16(18)20-5-2)17(19)21-6-3/h13-15H,4-12H2,1-3H3. The van der Waals surface area contributed by atoms with Crippen LogP contribution in [0.2, 0.25) is 0 Å². The number of hydrogen-bond acceptors (Lipinski definition) is 4. The van der Waals surface area contributed by atoms with Gasteiger partial charge in [0.1, 0.15) is 0 Å². The molecule has 0 aromatic rings. The Morgan fingerprint density at radius 2 is 1.48 bits per heavy atom.